The highest BCUT2D eigenvalue weighted by Gasteiger charge is 2.14. The second-order valence-electron chi connectivity index (χ2n) is 3.39. The molecule has 1 aromatic rings. The summed E-state index contributed by atoms with van der Waals surface area (Å²) in [4.78, 5) is 20.8. The Balaban J connectivity index is 2.66. The molecule has 0 radical (unpaired) electrons. The van der Waals surface area contributed by atoms with Crippen LogP contribution in [0.2, 0.25) is 0 Å². The van der Waals surface area contributed by atoms with Crippen molar-refractivity contribution in [3.63, 3.8) is 0 Å². The molecule has 0 aliphatic heterocycles. The number of carboxylic acids is 1. The second kappa shape index (κ2) is 6.16. The minimum atomic E-state index is -3.78. The van der Waals surface area contributed by atoms with Crippen LogP contribution in [0.15, 0.2) is 29.2 Å². The van der Waals surface area contributed by atoms with Crippen LogP contribution in [-0.2, 0) is 14.8 Å². The van der Waals surface area contributed by atoms with Crippen LogP contribution >= 0.6 is 0 Å². The minimum absolute atomic E-state index is 0.0176. The van der Waals surface area contributed by atoms with Gasteiger partial charge in [0.25, 0.3) is 0 Å². The lowest BCUT2D eigenvalue weighted by molar-refractivity contribution is 0.0696. The zero-order chi connectivity index (χ0) is 14.5. The SMILES string of the molecule is NC(=O)OCCNS(=O)(=O)c1ccc(C(=O)O)cc1. The fourth-order valence-electron chi connectivity index (χ4n) is 1.19. The molecule has 0 atom stereocenters. The van der Waals surface area contributed by atoms with E-state index < -0.39 is 22.1 Å². The van der Waals surface area contributed by atoms with Crippen LogP contribution in [0.25, 0.3) is 0 Å². The quantitative estimate of drug-likeness (QED) is 0.618. The highest BCUT2D eigenvalue weighted by molar-refractivity contribution is 7.89. The fraction of sp³-hybridized carbons (Fsp3) is 0.200. The lowest BCUT2D eigenvalue weighted by Gasteiger charge is -2.06. The second-order valence-corrected chi connectivity index (χ2v) is 5.16. The van der Waals surface area contributed by atoms with E-state index in [4.69, 9.17) is 10.8 Å². The number of carbonyl (C=O) groups is 2. The molecule has 0 aromatic heterocycles. The average molecular weight is 288 g/mol. The van der Waals surface area contributed by atoms with Gasteiger partial charge in [0.2, 0.25) is 10.0 Å². The van der Waals surface area contributed by atoms with Gasteiger partial charge < -0.3 is 15.6 Å². The zero-order valence-electron chi connectivity index (χ0n) is 9.70. The number of rotatable bonds is 6. The first-order valence-electron chi connectivity index (χ1n) is 5.08. The maximum Gasteiger partial charge on any atom is 0.404 e. The van der Waals surface area contributed by atoms with Gasteiger partial charge in [-0.2, -0.15) is 0 Å². The summed E-state index contributed by atoms with van der Waals surface area (Å²) >= 11 is 0. The summed E-state index contributed by atoms with van der Waals surface area (Å²) < 4.78 is 30.0. The van der Waals surface area contributed by atoms with Gasteiger partial charge in [0, 0.05) is 6.54 Å². The molecule has 0 unspecified atom stereocenters. The number of amides is 1. The maximum atomic E-state index is 11.7. The van der Waals surface area contributed by atoms with Gasteiger partial charge in [0.1, 0.15) is 6.61 Å². The van der Waals surface area contributed by atoms with Crippen LogP contribution in [0.3, 0.4) is 0 Å². The number of benzene rings is 1. The first kappa shape index (κ1) is 14.9. The monoisotopic (exact) mass is 288 g/mol. The standard InChI is InChI=1S/C10H12N2O6S/c11-10(15)18-6-5-12-19(16,17)8-3-1-7(2-4-8)9(13)14/h1-4,12H,5-6H2,(H2,11,15)(H,13,14). The van der Waals surface area contributed by atoms with Crippen molar-refractivity contribution in [2.75, 3.05) is 13.2 Å². The summed E-state index contributed by atoms with van der Waals surface area (Å²) in [5, 5.41) is 8.68. The maximum absolute atomic E-state index is 11.7. The van der Waals surface area contributed by atoms with Crippen molar-refractivity contribution in [3.8, 4) is 0 Å². The summed E-state index contributed by atoms with van der Waals surface area (Å²) in [6.45, 7) is -0.326. The Labute approximate surface area is 109 Å². The number of primary amides is 1. The Morgan fingerprint density at radius 1 is 1.26 bits per heavy atom. The molecular weight excluding hydrogens is 276 g/mol. The summed E-state index contributed by atoms with van der Waals surface area (Å²) in [5.74, 6) is -1.15. The Bertz CT molecular complexity index is 566. The first-order chi connectivity index (χ1) is 8.83. The van der Waals surface area contributed by atoms with Gasteiger partial charge in [0.15, 0.2) is 0 Å². The van der Waals surface area contributed by atoms with Gasteiger partial charge >= 0.3 is 12.1 Å². The Morgan fingerprint density at radius 2 is 1.84 bits per heavy atom. The molecular formula is C10H12N2O6S. The van der Waals surface area contributed by atoms with E-state index in [9.17, 15) is 18.0 Å². The van der Waals surface area contributed by atoms with Crippen LogP contribution in [0.5, 0.6) is 0 Å². The van der Waals surface area contributed by atoms with Gasteiger partial charge in [-0.05, 0) is 24.3 Å². The highest BCUT2D eigenvalue weighted by atomic mass is 32.2. The van der Waals surface area contributed by atoms with E-state index in [0.29, 0.717) is 0 Å². The Morgan fingerprint density at radius 3 is 2.32 bits per heavy atom. The lowest BCUT2D eigenvalue weighted by Crippen LogP contribution is -2.29. The van der Waals surface area contributed by atoms with Gasteiger partial charge in [-0.25, -0.2) is 22.7 Å². The third-order valence-electron chi connectivity index (χ3n) is 2.05. The molecule has 19 heavy (non-hydrogen) atoms. The first-order valence-corrected chi connectivity index (χ1v) is 6.56. The highest BCUT2D eigenvalue weighted by Crippen LogP contribution is 2.10. The molecule has 9 heteroatoms. The average Bonchev–Trinajstić information content (AvgIpc) is 2.34. The van der Waals surface area contributed by atoms with Crippen LogP contribution in [-0.4, -0.2) is 38.7 Å². The van der Waals surface area contributed by atoms with E-state index in [-0.39, 0.29) is 23.6 Å². The van der Waals surface area contributed by atoms with Crippen LogP contribution in [0.1, 0.15) is 10.4 Å². The van der Waals surface area contributed by atoms with Gasteiger partial charge in [0.05, 0.1) is 10.5 Å². The molecule has 1 amide bonds. The molecule has 0 aliphatic carbocycles. The van der Waals surface area contributed by atoms with E-state index in [1.54, 1.807) is 0 Å². The molecule has 0 saturated carbocycles. The van der Waals surface area contributed by atoms with Crippen molar-refractivity contribution in [3.05, 3.63) is 29.8 Å². The van der Waals surface area contributed by atoms with E-state index in [1.807, 2.05) is 0 Å². The number of nitrogens with two attached hydrogens (primary N) is 1. The molecule has 0 heterocycles. The van der Waals surface area contributed by atoms with E-state index in [1.165, 1.54) is 24.3 Å². The number of nitrogens with one attached hydrogen (secondary N) is 1. The molecule has 4 N–H and O–H groups in total. The molecule has 8 nitrogen and oxygen atoms in total. The normalized spacial score (nSPS) is 10.9. The van der Waals surface area contributed by atoms with Crippen LogP contribution < -0.4 is 10.5 Å². The largest absolute Gasteiger partial charge is 0.478 e. The van der Waals surface area contributed by atoms with Crippen LogP contribution in [0, 0.1) is 0 Å². The van der Waals surface area contributed by atoms with E-state index in [0.717, 1.165) is 0 Å². The van der Waals surface area contributed by atoms with E-state index >= 15 is 0 Å². The third-order valence-corrected chi connectivity index (χ3v) is 3.53. The van der Waals surface area contributed by atoms with Gasteiger partial charge in [-0.3, -0.25) is 0 Å². The van der Waals surface area contributed by atoms with Crippen LogP contribution in [0.4, 0.5) is 4.79 Å². The van der Waals surface area contributed by atoms with Crippen molar-refractivity contribution >= 4 is 22.1 Å². The summed E-state index contributed by atoms with van der Waals surface area (Å²) in [7, 11) is -3.78. The molecule has 0 fully saturated rings. The number of carboxylic acid groups (broad SMARTS) is 1. The summed E-state index contributed by atoms with van der Waals surface area (Å²) in [6.07, 6.45) is -0.995. The third kappa shape index (κ3) is 4.56. The zero-order valence-corrected chi connectivity index (χ0v) is 10.5. The Kier molecular flexibility index (Phi) is 4.84. The molecule has 0 bridgehead atoms. The molecule has 1 aromatic carbocycles. The van der Waals surface area contributed by atoms with E-state index in [2.05, 4.69) is 9.46 Å². The fourth-order valence-corrected chi connectivity index (χ4v) is 2.20. The lowest BCUT2D eigenvalue weighted by atomic mass is 10.2. The molecule has 104 valence electrons. The van der Waals surface area contributed by atoms with Gasteiger partial charge in [-0.1, -0.05) is 0 Å². The number of carbonyl (C=O) groups excluding carboxylic acids is 1. The van der Waals surface area contributed by atoms with Crippen molar-refractivity contribution in [2.24, 2.45) is 5.73 Å². The van der Waals surface area contributed by atoms with Gasteiger partial charge in [-0.15, -0.1) is 0 Å². The number of aromatic carboxylic acids is 1. The smallest absolute Gasteiger partial charge is 0.404 e. The molecule has 0 saturated heterocycles. The van der Waals surface area contributed by atoms with Crippen molar-refractivity contribution in [1.82, 2.24) is 4.72 Å². The number of hydrogen-bond acceptors (Lipinski definition) is 5. The predicted molar refractivity (Wildman–Crippen MR) is 64.1 cm³/mol. The predicted octanol–water partition coefficient (Wildman–Crippen LogP) is -0.242. The Hall–Kier alpha value is -2.13. The number of sulfonamides is 1. The molecule has 0 spiro atoms. The van der Waals surface area contributed by atoms with Crippen molar-refractivity contribution in [1.29, 1.82) is 0 Å². The van der Waals surface area contributed by atoms with Crippen molar-refractivity contribution in [2.45, 2.75) is 4.90 Å². The summed E-state index contributed by atoms with van der Waals surface area (Å²) in [5.41, 5.74) is 4.69. The minimum Gasteiger partial charge on any atom is -0.478 e. The number of hydrogen-bond donors (Lipinski definition) is 3. The molecule has 0 aliphatic rings. The topological polar surface area (TPSA) is 136 Å². The summed E-state index contributed by atoms with van der Waals surface area (Å²) in [6, 6.07) is 4.69. The number of ether oxygens (including phenoxy) is 1. The van der Waals surface area contributed by atoms with Crippen molar-refractivity contribution < 1.29 is 27.9 Å². The molecule has 1 rings (SSSR count).